The highest BCUT2D eigenvalue weighted by Gasteiger charge is 2.29. The smallest absolute Gasteiger partial charge is 0.245 e. The van der Waals surface area contributed by atoms with Crippen molar-refractivity contribution in [2.24, 2.45) is 0 Å². The summed E-state index contributed by atoms with van der Waals surface area (Å²) in [5, 5.41) is 6.67. The Morgan fingerprint density at radius 3 is 3.00 bits per heavy atom. The number of anilines is 1. The Kier molecular flexibility index (Phi) is 3.19. The van der Waals surface area contributed by atoms with E-state index in [1.165, 1.54) is 5.56 Å². The van der Waals surface area contributed by atoms with Crippen LogP contribution in [-0.2, 0) is 11.2 Å². The number of rotatable bonds is 1. The molecule has 4 heteroatoms. The Bertz CT molecular complexity index is 413. The Morgan fingerprint density at radius 1 is 1.22 bits per heavy atom. The summed E-state index contributed by atoms with van der Waals surface area (Å²) in [5.74, 6) is 0.245. The number of fused-ring (bicyclic) bond motifs is 1. The summed E-state index contributed by atoms with van der Waals surface area (Å²) >= 11 is 0. The van der Waals surface area contributed by atoms with Crippen molar-refractivity contribution in [1.29, 1.82) is 0 Å². The fourth-order valence-corrected chi connectivity index (χ4v) is 2.73. The van der Waals surface area contributed by atoms with E-state index >= 15 is 0 Å². The van der Waals surface area contributed by atoms with Gasteiger partial charge >= 0.3 is 0 Å². The van der Waals surface area contributed by atoms with Gasteiger partial charge in [0.05, 0.1) is 0 Å². The molecule has 18 heavy (non-hydrogen) atoms. The molecule has 0 saturated carbocycles. The van der Waals surface area contributed by atoms with Crippen LogP contribution in [0.3, 0.4) is 0 Å². The summed E-state index contributed by atoms with van der Waals surface area (Å²) in [7, 11) is 0. The zero-order valence-corrected chi connectivity index (χ0v) is 10.5. The number of amides is 1. The number of para-hydroxylation sites is 1. The van der Waals surface area contributed by atoms with Crippen LogP contribution in [0.5, 0.6) is 0 Å². The van der Waals surface area contributed by atoms with Crippen molar-refractivity contribution >= 4 is 11.6 Å². The molecule has 0 spiro atoms. The lowest BCUT2D eigenvalue weighted by Gasteiger charge is -2.23. The van der Waals surface area contributed by atoms with E-state index in [2.05, 4.69) is 16.7 Å². The van der Waals surface area contributed by atoms with Gasteiger partial charge in [-0.15, -0.1) is 0 Å². The fourth-order valence-electron chi connectivity index (χ4n) is 2.73. The molecule has 0 aromatic heterocycles. The molecule has 1 unspecified atom stereocenters. The first kappa shape index (κ1) is 11.5. The molecule has 1 amide bonds. The van der Waals surface area contributed by atoms with Crippen molar-refractivity contribution in [1.82, 2.24) is 10.2 Å². The predicted octanol–water partition coefficient (Wildman–Crippen LogP) is 0.845. The van der Waals surface area contributed by atoms with E-state index in [9.17, 15) is 4.79 Å². The van der Waals surface area contributed by atoms with Crippen LogP contribution in [0.25, 0.3) is 0 Å². The Morgan fingerprint density at radius 2 is 2.11 bits per heavy atom. The lowest BCUT2D eigenvalue weighted by molar-refractivity contribution is -0.131. The lowest BCUT2D eigenvalue weighted by atomic mass is 10.1. The van der Waals surface area contributed by atoms with Crippen LogP contribution in [-0.4, -0.2) is 43.0 Å². The zero-order valence-electron chi connectivity index (χ0n) is 10.5. The summed E-state index contributed by atoms with van der Waals surface area (Å²) in [4.78, 5) is 14.4. The molecule has 0 bridgehead atoms. The number of hydrogen-bond donors (Lipinski definition) is 2. The van der Waals surface area contributed by atoms with Crippen LogP contribution >= 0.6 is 0 Å². The second-order valence-corrected chi connectivity index (χ2v) is 4.99. The summed E-state index contributed by atoms with van der Waals surface area (Å²) < 4.78 is 0. The van der Waals surface area contributed by atoms with E-state index in [0.717, 1.165) is 44.7 Å². The molecule has 1 saturated heterocycles. The molecule has 2 aliphatic heterocycles. The number of nitrogens with zero attached hydrogens (tertiary/aromatic N) is 1. The maximum absolute atomic E-state index is 12.5. The van der Waals surface area contributed by atoms with Crippen LogP contribution in [0.2, 0.25) is 0 Å². The van der Waals surface area contributed by atoms with Crippen molar-refractivity contribution < 1.29 is 4.79 Å². The second-order valence-electron chi connectivity index (χ2n) is 4.99. The Balaban J connectivity index is 1.68. The molecular formula is C14H19N3O. The quantitative estimate of drug-likeness (QED) is 0.771. The van der Waals surface area contributed by atoms with Crippen LogP contribution in [0, 0.1) is 0 Å². The standard InChI is InChI=1S/C14H19N3O/c18-14(17-8-3-6-15-7-9-17)13-10-11-4-1-2-5-12(11)16-13/h1-2,4-5,13,15-16H,3,6-10H2. The normalized spacial score (nSPS) is 23.1. The molecule has 0 radical (unpaired) electrons. The molecule has 0 aliphatic carbocycles. The number of benzene rings is 1. The van der Waals surface area contributed by atoms with Gasteiger partial charge in [0.2, 0.25) is 5.91 Å². The van der Waals surface area contributed by atoms with Gasteiger partial charge in [-0.1, -0.05) is 18.2 Å². The largest absolute Gasteiger partial charge is 0.373 e. The van der Waals surface area contributed by atoms with E-state index in [1.54, 1.807) is 0 Å². The Hall–Kier alpha value is -1.55. The molecule has 2 N–H and O–H groups in total. The third-order valence-electron chi connectivity index (χ3n) is 3.72. The summed E-state index contributed by atoms with van der Waals surface area (Å²) in [5.41, 5.74) is 2.37. The summed E-state index contributed by atoms with van der Waals surface area (Å²) in [6.07, 6.45) is 1.87. The van der Waals surface area contributed by atoms with Crippen molar-refractivity contribution in [2.45, 2.75) is 18.9 Å². The number of nitrogens with one attached hydrogen (secondary N) is 2. The minimum absolute atomic E-state index is 0.0690. The third kappa shape index (κ3) is 2.20. The first-order valence-electron chi connectivity index (χ1n) is 6.68. The SMILES string of the molecule is O=C(C1Cc2ccccc2N1)N1CCCNCC1. The topological polar surface area (TPSA) is 44.4 Å². The van der Waals surface area contributed by atoms with E-state index in [0.29, 0.717) is 0 Å². The molecule has 96 valence electrons. The number of carbonyl (C=O) groups excluding carboxylic acids is 1. The van der Waals surface area contributed by atoms with Gasteiger partial charge in [0, 0.05) is 31.7 Å². The maximum Gasteiger partial charge on any atom is 0.245 e. The summed E-state index contributed by atoms with van der Waals surface area (Å²) in [6.45, 7) is 3.63. The highest BCUT2D eigenvalue weighted by Crippen LogP contribution is 2.26. The molecule has 1 aromatic carbocycles. The molecule has 1 fully saturated rings. The van der Waals surface area contributed by atoms with Gasteiger partial charge < -0.3 is 15.5 Å². The minimum Gasteiger partial charge on any atom is -0.373 e. The highest BCUT2D eigenvalue weighted by molar-refractivity contribution is 5.87. The van der Waals surface area contributed by atoms with Crippen molar-refractivity contribution in [3.05, 3.63) is 29.8 Å². The van der Waals surface area contributed by atoms with E-state index in [-0.39, 0.29) is 11.9 Å². The van der Waals surface area contributed by atoms with Gasteiger partial charge in [0.1, 0.15) is 6.04 Å². The first-order valence-corrected chi connectivity index (χ1v) is 6.68. The van der Waals surface area contributed by atoms with E-state index in [1.807, 2.05) is 23.1 Å². The third-order valence-corrected chi connectivity index (χ3v) is 3.72. The molecule has 2 heterocycles. The van der Waals surface area contributed by atoms with Crippen LogP contribution in [0.4, 0.5) is 5.69 Å². The van der Waals surface area contributed by atoms with Gasteiger partial charge in [-0.05, 0) is 24.6 Å². The Labute approximate surface area is 107 Å². The zero-order chi connectivity index (χ0) is 12.4. The number of carbonyl (C=O) groups is 1. The van der Waals surface area contributed by atoms with E-state index in [4.69, 9.17) is 0 Å². The molecule has 3 rings (SSSR count). The highest BCUT2D eigenvalue weighted by atomic mass is 16.2. The van der Waals surface area contributed by atoms with Crippen molar-refractivity contribution in [3.8, 4) is 0 Å². The maximum atomic E-state index is 12.5. The first-order chi connectivity index (χ1) is 8.84. The summed E-state index contributed by atoms with van der Waals surface area (Å²) in [6, 6.07) is 8.12. The fraction of sp³-hybridized carbons (Fsp3) is 0.500. The van der Waals surface area contributed by atoms with Gasteiger partial charge in [-0.25, -0.2) is 0 Å². The van der Waals surface area contributed by atoms with Crippen molar-refractivity contribution in [2.75, 3.05) is 31.5 Å². The second kappa shape index (κ2) is 4.98. The minimum atomic E-state index is -0.0690. The lowest BCUT2D eigenvalue weighted by Crippen LogP contribution is -2.43. The average molecular weight is 245 g/mol. The van der Waals surface area contributed by atoms with Crippen LogP contribution in [0.1, 0.15) is 12.0 Å². The van der Waals surface area contributed by atoms with E-state index < -0.39 is 0 Å². The van der Waals surface area contributed by atoms with Crippen LogP contribution < -0.4 is 10.6 Å². The van der Waals surface area contributed by atoms with Gasteiger partial charge in [0.15, 0.2) is 0 Å². The average Bonchev–Trinajstić information content (AvgIpc) is 2.64. The molecular weight excluding hydrogens is 226 g/mol. The molecule has 1 aromatic rings. The van der Waals surface area contributed by atoms with Crippen LogP contribution in [0.15, 0.2) is 24.3 Å². The monoisotopic (exact) mass is 245 g/mol. The predicted molar refractivity (Wildman–Crippen MR) is 71.6 cm³/mol. The molecule has 4 nitrogen and oxygen atoms in total. The van der Waals surface area contributed by atoms with Crippen molar-refractivity contribution in [3.63, 3.8) is 0 Å². The van der Waals surface area contributed by atoms with Gasteiger partial charge in [0.25, 0.3) is 0 Å². The number of hydrogen-bond acceptors (Lipinski definition) is 3. The van der Waals surface area contributed by atoms with Gasteiger partial charge in [-0.3, -0.25) is 4.79 Å². The molecule has 2 aliphatic rings. The van der Waals surface area contributed by atoms with Gasteiger partial charge in [-0.2, -0.15) is 0 Å². The molecule has 1 atom stereocenters.